The van der Waals surface area contributed by atoms with Gasteiger partial charge in [-0.1, -0.05) is 35.9 Å². The number of benzene rings is 2. The van der Waals surface area contributed by atoms with Crippen molar-refractivity contribution in [3.63, 3.8) is 0 Å². The van der Waals surface area contributed by atoms with Gasteiger partial charge in [-0.2, -0.15) is 5.10 Å². The molecule has 26 heavy (non-hydrogen) atoms. The highest BCUT2D eigenvalue weighted by atomic mass is 35.5. The van der Waals surface area contributed by atoms with E-state index < -0.39 is 0 Å². The molecule has 0 aliphatic heterocycles. The van der Waals surface area contributed by atoms with Crippen LogP contribution in [0.2, 0.25) is 5.02 Å². The minimum absolute atomic E-state index is 0.444. The zero-order valence-electron chi connectivity index (χ0n) is 13.4. The van der Waals surface area contributed by atoms with E-state index in [1.165, 1.54) is 0 Å². The summed E-state index contributed by atoms with van der Waals surface area (Å²) in [5.74, 6) is 0.444. The fraction of sp³-hybridized carbons (Fsp3) is 0. The number of nitrogen functional groups attached to an aromatic ring is 1. The number of nitrogens with zero attached hydrogens (tertiary/aromatic N) is 4. The summed E-state index contributed by atoms with van der Waals surface area (Å²) in [4.78, 5) is 9.17. The number of rotatable bonds is 2. The molecule has 3 aromatic heterocycles. The zero-order valence-corrected chi connectivity index (χ0v) is 15.0. The molecule has 3 heterocycles. The molecule has 0 spiro atoms. The molecule has 0 saturated heterocycles. The van der Waals surface area contributed by atoms with Crippen LogP contribution in [0, 0.1) is 0 Å². The largest absolute Gasteiger partial charge is 0.383 e. The molecule has 0 aliphatic rings. The molecule has 5 nitrogen and oxygen atoms in total. The van der Waals surface area contributed by atoms with Crippen molar-refractivity contribution in [1.82, 2.24) is 19.6 Å². The quantitative estimate of drug-likeness (QED) is 0.474. The Kier molecular flexibility index (Phi) is 3.41. The molecule has 0 bridgehead atoms. The number of aromatic nitrogens is 4. The van der Waals surface area contributed by atoms with E-state index in [0.717, 1.165) is 32.0 Å². The van der Waals surface area contributed by atoms with Gasteiger partial charge in [-0.3, -0.25) is 0 Å². The van der Waals surface area contributed by atoms with Crippen LogP contribution in [0.25, 0.3) is 37.7 Å². The number of halogens is 1. The Morgan fingerprint density at radius 2 is 1.81 bits per heavy atom. The first-order chi connectivity index (χ1) is 12.7. The van der Waals surface area contributed by atoms with Crippen LogP contribution in [-0.4, -0.2) is 19.6 Å². The van der Waals surface area contributed by atoms with Gasteiger partial charge < -0.3 is 5.73 Å². The Morgan fingerprint density at radius 1 is 1.00 bits per heavy atom. The summed E-state index contributed by atoms with van der Waals surface area (Å²) >= 11 is 7.55. The maximum atomic E-state index is 6.21. The SMILES string of the molecule is Nc1nc2cc(-c3ccc(Cl)cc3)nn2cc1-c1nc2ccccc2s1. The molecule has 0 unspecified atom stereocenters. The van der Waals surface area contributed by atoms with E-state index in [1.807, 2.05) is 60.8 Å². The van der Waals surface area contributed by atoms with Crippen molar-refractivity contribution in [2.24, 2.45) is 0 Å². The van der Waals surface area contributed by atoms with E-state index in [9.17, 15) is 0 Å². The molecular weight excluding hydrogens is 366 g/mol. The molecule has 2 aromatic carbocycles. The highest BCUT2D eigenvalue weighted by Crippen LogP contribution is 2.33. The Bertz CT molecular complexity index is 1220. The average molecular weight is 378 g/mol. The summed E-state index contributed by atoms with van der Waals surface area (Å²) in [6.07, 6.45) is 1.88. The average Bonchev–Trinajstić information content (AvgIpc) is 3.24. The summed E-state index contributed by atoms with van der Waals surface area (Å²) in [5.41, 5.74) is 10.4. The van der Waals surface area contributed by atoms with E-state index in [4.69, 9.17) is 17.3 Å². The van der Waals surface area contributed by atoms with Gasteiger partial charge in [0.2, 0.25) is 0 Å². The molecule has 126 valence electrons. The van der Waals surface area contributed by atoms with Gasteiger partial charge in [0.1, 0.15) is 10.8 Å². The number of para-hydroxylation sites is 1. The third-order valence-electron chi connectivity index (χ3n) is 4.14. The highest BCUT2D eigenvalue weighted by Gasteiger charge is 2.14. The van der Waals surface area contributed by atoms with Crippen molar-refractivity contribution in [2.45, 2.75) is 0 Å². The first-order valence-corrected chi connectivity index (χ1v) is 9.14. The predicted octanol–water partition coefficient (Wildman–Crippen LogP) is 4.91. The van der Waals surface area contributed by atoms with E-state index in [2.05, 4.69) is 15.1 Å². The van der Waals surface area contributed by atoms with Gasteiger partial charge in [-0.05, 0) is 24.3 Å². The van der Waals surface area contributed by atoms with Gasteiger partial charge in [0.25, 0.3) is 0 Å². The van der Waals surface area contributed by atoms with Crippen LogP contribution in [0.3, 0.4) is 0 Å². The van der Waals surface area contributed by atoms with Crippen LogP contribution in [0.4, 0.5) is 5.82 Å². The molecule has 2 N–H and O–H groups in total. The molecule has 0 atom stereocenters. The predicted molar refractivity (Wildman–Crippen MR) is 106 cm³/mol. The van der Waals surface area contributed by atoms with Crippen molar-refractivity contribution in [3.8, 4) is 21.8 Å². The van der Waals surface area contributed by atoms with E-state index in [1.54, 1.807) is 15.9 Å². The normalized spacial score (nSPS) is 11.4. The molecule has 0 saturated carbocycles. The number of thiazole rings is 1. The molecule has 5 rings (SSSR count). The van der Waals surface area contributed by atoms with Crippen molar-refractivity contribution in [3.05, 3.63) is 65.8 Å². The van der Waals surface area contributed by atoms with Crippen LogP contribution in [0.5, 0.6) is 0 Å². The topological polar surface area (TPSA) is 69.1 Å². The second-order valence-electron chi connectivity index (χ2n) is 5.87. The van der Waals surface area contributed by atoms with Crippen molar-refractivity contribution in [2.75, 3.05) is 5.73 Å². The maximum absolute atomic E-state index is 6.21. The van der Waals surface area contributed by atoms with Crippen LogP contribution >= 0.6 is 22.9 Å². The summed E-state index contributed by atoms with van der Waals surface area (Å²) in [5, 5.41) is 6.15. The molecular formula is C19H12ClN5S. The zero-order chi connectivity index (χ0) is 17.7. The van der Waals surface area contributed by atoms with Gasteiger partial charge in [-0.15, -0.1) is 11.3 Å². The van der Waals surface area contributed by atoms with Crippen LogP contribution in [-0.2, 0) is 0 Å². The van der Waals surface area contributed by atoms with E-state index in [0.29, 0.717) is 16.5 Å². The summed E-state index contributed by atoms with van der Waals surface area (Å²) in [7, 11) is 0. The van der Waals surface area contributed by atoms with Crippen molar-refractivity contribution in [1.29, 1.82) is 0 Å². The fourth-order valence-corrected chi connectivity index (χ4v) is 3.96. The number of nitrogens with two attached hydrogens (primary N) is 1. The summed E-state index contributed by atoms with van der Waals surface area (Å²) < 4.78 is 2.85. The standard InChI is InChI=1S/C19H12ClN5S/c20-12-7-5-11(6-8-12)15-9-17-23-18(21)13(10-25(17)24-15)19-22-14-3-1-2-4-16(14)26-19/h1-10H,(H2,21,23). The van der Waals surface area contributed by atoms with Gasteiger partial charge >= 0.3 is 0 Å². The third-order valence-corrected chi connectivity index (χ3v) is 5.46. The fourth-order valence-electron chi connectivity index (χ4n) is 2.85. The molecule has 7 heteroatoms. The number of anilines is 1. The Labute approximate surface area is 157 Å². The second kappa shape index (κ2) is 5.79. The molecule has 0 radical (unpaired) electrons. The number of fused-ring (bicyclic) bond motifs is 2. The lowest BCUT2D eigenvalue weighted by Crippen LogP contribution is -1.99. The number of hydrogen-bond acceptors (Lipinski definition) is 5. The van der Waals surface area contributed by atoms with Crippen LogP contribution < -0.4 is 5.73 Å². The van der Waals surface area contributed by atoms with Crippen LogP contribution in [0.1, 0.15) is 0 Å². The lowest BCUT2D eigenvalue weighted by molar-refractivity contribution is 0.947. The summed E-state index contributed by atoms with van der Waals surface area (Å²) in [6.45, 7) is 0. The van der Waals surface area contributed by atoms with E-state index in [-0.39, 0.29) is 0 Å². The minimum atomic E-state index is 0.444. The Balaban J connectivity index is 1.65. The second-order valence-corrected chi connectivity index (χ2v) is 7.33. The molecule has 0 fully saturated rings. The van der Waals surface area contributed by atoms with Crippen LogP contribution in [0.15, 0.2) is 60.8 Å². The van der Waals surface area contributed by atoms with Gasteiger partial charge in [0.05, 0.1) is 21.5 Å². The third kappa shape index (κ3) is 2.51. The van der Waals surface area contributed by atoms with Gasteiger partial charge in [0, 0.05) is 22.8 Å². The lowest BCUT2D eigenvalue weighted by atomic mass is 10.2. The smallest absolute Gasteiger partial charge is 0.158 e. The summed E-state index contributed by atoms with van der Waals surface area (Å²) in [6, 6.07) is 17.5. The first kappa shape index (κ1) is 15.3. The number of hydrogen-bond donors (Lipinski definition) is 1. The van der Waals surface area contributed by atoms with Crippen molar-refractivity contribution >= 4 is 44.6 Å². The Hall–Kier alpha value is -2.96. The lowest BCUT2D eigenvalue weighted by Gasteiger charge is -2.02. The monoisotopic (exact) mass is 377 g/mol. The molecule has 0 aliphatic carbocycles. The molecule has 0 amide bonds. The van der Waals surface area contributed by atoms with Gasteiger partial charge in [-0.25, -0.2) is 14.5 Å². The minimum Gasteiger partial charge on any atom is -0.383 e. The Morgan fingerprint density at radius 3 is 2.62 bits per heavy atom. The van der Waals surface area contributed by atoms with E-state index >= 15 is 0 Å². The maximum Gasteiger partial charge on any atom is 0.158 e. The highest BCUT2D eigenvalue weighted by molar-refractivity contribution is 7.21. The van der Waals surface area contributed by atoms with Crippen molar-refractivity contribution < 1.29 is 0 Å². The van der Waals surface area contributed by atoms with Gasteiger partial charge in [0.15, 0.2) is 5.65 Å². The molecule has 5 aromatic rings. The first-order valence-electron chi connectivity index (χ1n) is 7.95.